The molecule has 2 unspecified atom stereocenters. The average Bonchev–Trinajstić information content (AvgIpc) is 2.36. The molecule has 2 rings (SSSR count). The van der Waals surface area contributed by atoms with Gasteiger partial charge in [-0.15, -0.1) is 5.10 Å². The Labute approximate surface area is 120 Å². The summed E-state index contributed by atoms with van der Waals surface area (Å²) in [6.45, 7) is 3.27. The first-order valence-corrected chi connectivity index (χ1v) is 7.29. The molecule has 1 fully saturated rings. The number of hydrogen-bond donors (Lipinski definition) is 1. The van der Waals surface area contributed by atoms with Crippen LogP contribution in [0.15, 0.2) is 12.3 Å². The minimum atomic E-state index is 0.230. The van der Waals surface area contributed by atoms with E-state index in [0.717, 1.165) is 18.2 Å². The van der Waals surface area contributed by atoms with Crippen molar-refractivity contribution in [3.63, 3.8) is 0 Å². The number of anilines is 1. The van der Waals surface area contributed by atoms with Crippen LogP contribution < -0.4 is 5.32 Å². The molecule has 0 aliphatic heterocycles. The van der Waals surface area contributed by atoms with Crippen LogP contribution in [-0.2, 0) is 0 Å². The standard InChI is InChI=1S/C14H23ClN4/c1-11-5-4-6-14(8-11,19(2)3)10-16-12-7-13(15)18-17-9-12/h7,9,11H,4-6,8,10H2,1-3H3,(H,16,18). The number of nitrogens with one attached hydrogen (secondary N) is 1. The third kappa shape index (κ3) is 3.57. The van der Waals surface area contributed by atoms with Crippen LogP contribution in [0.3, 0.4) is 0 Å². The maximum atomic E-state index is 5.86. The van der Waals surface area contributed by atoms with Crippen LogP contribution in [0.2, 0.25) is 5.15 Å². The Morgan fingerprint density at radius 2 is 2.32 bits per heavy atom. The van der Waals surface area contributed by atoms with Gasteiger partial charge < -0.3 is 10.2 Å². The molecule has 0 radical (unpaired) electrons. The normalized spacial score (nSPS) is 27.5. The number of aromatic nitrogens is 2. The van der Waals surface area contributed by atoms with E-state index >= 15 is 0 Å². The van der Waals surface area contributed by atoms with E-state index in [1.807, 2.05) is 6.07 Å². The summed E-state index contributed by atoms with van der Waals surface area (Å²) < 4.78 is 0. The molecular weight excluding hydrogens is 260 g/mol. The van der Waals surface area contributed by atoms with Gasteiger partial charge in [0.25, 0.3) is 0 Å². The van der Waals surface area contributed by atoms with Crippen molar-refractivity contribution in [3.05, 3.63) is 17.4 Å². The van der Waals surface area contributed by atoms with E-state index in [0.29, 0.717) is 5.15 Å². The molecule has 1 aliphatic carbocycles. The monoisotopic (exact) mass is 282 g/mol. The van der Waals surface area contributed by atoms with Crippen LogP contribution in [-0.4, -0.2) is 41.3 Å². The summed E-state index contributed by atoms with van der Waals surface area (Å²) in [5.74, 6) is 0.789. The Balaban J connectivity index is 2.05. The van der Waals surface area contributed by atoms with Crippen molar-refractivity contribution < 1.29 is 0 Å². The van der Waals surface area contributed by atoms with Crippen LogP contribution >= 0.6 is 11.6 Å². The third-order valence-corrected chi connectivity index (χ3v) is 4.45. The van der Waals surface area contributed by atoms with E-state index in [1.54, 1.807) is 6.20 Å². The molecule has 1 aliphatic rings. The first-order chi connectivity index (χ1) is 9.02. The van der Waals surface area contributed by atoms with E-state index in [9.17, 15) is 0 Å². The van der Waals surface area contributed by atoms with Crippen LogP contribution in [0, 0.1) is 5.92 Å². The van der Waals surface area contributed by atoms with Gasteiger partial charge in [0.2, 0.25) is 0 Å². The fourth-order valence-corrected chi connectivity index (χ4v) is 3.22. The first-order valence-electron chi connectivity index (χ1n) is 6.91. The molecule has 106 valence electrons. The number of hydrogen-bond acceptors (Lipinski definition) is 4. The highest BCUT2D eigenvalue weighted by Gasteiger charge is 2.36. The van der Waals surface area contributed by atoms with Gasteiger partial charge in [-0.25, -0.2) is 0 Å². The molecule has 0 amide bonds. The van der Waals surface area contributed by atoms with Crippen molar-refractivity contribution >= 4 is 17.3 Å². The zero-order valence-electron chi connectivity index (χ0n) is 12.0. The van der Waals surface area contributed by atoms with Crippen LogP contribution in [0.4, 0.5) is 5.69 Å². The van der Waals surface area contributed by atoms with E-state index in [1.165, 1.54) is 25.7 Å². The molecule has 1 N–H and O–H groups in total. The highest BCUT2D eigenvalue weighted by molar-refractivity contribution is 6.29. The van der Waals surface area contributed by atoms with Gasteiger partial charge in [-0.2, -0.15) is 5.10 Å². The van der Waals surface area contributed by atoms with Crippen LogP contribution in [0.5, 0.6) is 0 Å². The SMILES string of the molecule is CC1CCCC(CNc2cnnc(Cl)c2)(N(C)C)C1. The zero-order valence-corrected chi connectivity index (χ0v) is 12.7. The summed E-state index contributed by atoms with van der Waals surface area (Å²) in [5, 5.41) is 11.5. The molecule has 0 aromatic carbocycles. The molecule has 0 spiro atoms. The van der Waals surface area contributed by atoms with Crippen LogP contribution in [0.25, 0.3) is 0 Å². The van der Waals surface area contributed by atoms with Gasteiger partial charge >= 0.3 is 0 Å². The fraction of sp³-hybridized carbons (Fsp3) is 0.714. The maximum absolute atomic E-state index is 5.86. The molecule has 4 nitrogen and oxygen atoms in total. The molecule has 1 saturated carbocycles. The Morgan fingerprint density at radius 3 is 2.95 bits per heavy atom. The molecule has 0 saturated heterocycles. The summed E-state index contributed by atoms with van der Waals surface area (Å²) in [6, 6.07) is 1.82. The molecule has 19 heavy (non-hydrogen) atoms. The number of rotatable bonds is 4. The van der Waals surface area contributed by atoms with Gasteiger partial charge in [0.15, 0.2) is 5.15 Å². The summed E-state index contributed by atoms with van der Waals surface area (Å²) in [7, 11) is 4.36. The van der Waals surface area contributed by atoms with E-state index in [-0.39, 0.29) is 5.54 Å². The van der Waals surface area contributed by atoms with Crippen molar-refractivity contribution in [1.82, 2.24) is 15.1 Å². The number of halogens is 1. The average molecular weight is 283 g/mol. The van der Waals surface area contributed by atoms with E-state index < -0.39 is 0 Å². The van der Waals surface area contributed by atoms with E-state index in [4.69, 9.17) is 11.6 Å². The predicted molar refractivity (Wildman–Crippen MR) is 79.6 cm³/mol. The van der Waals surface area contributed by atoms with Gasteiger partial charge in [0.1, 0.15) is 0 Å². The molecule has 1 heterocycles. The Kier molecular flexibility index (Phi) is 4.63. The minimum absolute atomic E-state index is 0.230. The smallest absolute Gasteiger partial charge is 0.153 e. The summed E-state index contributed by atoms with van der Waals surface area (Å²) in [4.78, 5) is 2.37. The molecule has 2 atom stereocenters. The molecule has 1 aromatic heterocycles. The number of nitrogens with zero attached hydrogens (tertiary/aromatic N) is 3. The second-order valence-electron chi connectivity index (χ2n) is 5.94. The second kappa shape index (κ2) is 6.06. The molecule has 1 aromatic rings. The van der Waals surface area contributed by atoms with Gasteiger partial charge in [0.05, 0.1) is 11.9 Å². The van der Waals surface area contributed by atoms with Crippen LogP contribution in [0.1, 0.15) is 32.6 Å². The van der Waals surface area contributed by atoms with Crippen molar-refractivity contribution in [1.29, 1.82) is 0 Å². The van der Waals surface area contributed by atoms with Crippen molar-refractivity contribution in [2.75, 3.05) is 26.0 Å². The first kappa shape index (κ1) is 14.5. The van der Waals surface area contributed by atoms with Gasteiger partial charge in [-0.1, -0.05) is 31.4 Å². The Bertz CT molecular complexity index is 424. The third-order valence-electron chi connectivity index (χ3n) is 4.26. The van der Waals surface area contributed by atoms with Crippen molar-refractivity contribution in [2.45, 2.75) is 38.1 Å². The topological polar surface area (TPSA) is 41.1 Å². The molecule has 0 bridgehead atoms. The highest BCUT2D eigenvalue weighted by atomic mass is 35.5. The maximum Gasteiger partial charge on any atom is 0.153 e. The lowest BCUT2D eigenvalue weighted by Gasteiger charge is -2.45. The van der Waals surface area contributed by atoms with Crippen molar-refractivity contribution in [2.24, 2.45) is 5.92 Å². The van der Waals surface area contributed by atoms with Gasteiger partial charge in [-0.3, -0.25) is 0 Å². The summed E-state index contributed by atoms with van der Waals surface area (Å²) in [6.07, 6.45) is 6.85. The largest absolute Gasteiger partial charge is 0.382 e. The van der Waals surface area contributed by atoms with Crippen molar-refractivity contribution in [3.8, 4) is 0 Å². The summed E-state index contributed by atoms with van der Waals surface area (Å²) >= 11 is 5.86. The summed E-state index contributed by atoms with van der Waals surface area (Å²) in [5.41, 5.74) is 1.17. The van der Waals surface area contributed by atoms with Gasteiger partial charge in [0, 0.05) is 18.2 Å². The highest BCUT2D eigenvalue weighted by Crippen LogP contribution is 2.35. The second-order valence-corrected chi connectivity index (χ2v) is 6.33. The lowest BCUT2D eigenvalue weighted by atomic mass is 9.75. The quantitative estimate of drug-likeness (QED) is 0.922. The minimum Gasteiger partial charge on any atom is -0.382 e. The predicted octanol–water partition coefficient (Wildman–Crippen LogP) is 3.05. The van der Waals surface area contributed by atoms with Gasteiger partial charge in [-0.05, 0) is 32.9 Å². The number of likely N-dealkylation sites (N-methyl/N-ethyl adjacent to an activating group) is 1. The fourth-order valence-electron chi connectivity index (χ4n) is 3.06. The zero-order chi connectivity index (χ0) is 13.9. The Morgan fingerprint density at radius 1 is 1.53 bits per heavy atom. The molecule has 5 heteroatoms. The molecular formula is C14H23ClN4. The lowest BCUT2D eigenvalue weighted by Crippen LogP contribution is -2.52. The lowest BCUT2D eigenvalue weighted by molar-refractivity contribution is 0.0882. The Hall–Kier alpha value is -0.870. The van der Waals surface area contributed by atoms with E-state index in [2.05, 4.69) is 41.4 Å².